The fourth-order valence-corrected chi connectivity index (χ4v) is 1.15. The van der Waals surface area contributed by atoms with E-state index in [1.807, 2.05) is 0 Å². The van der Waals surface area contributed by atoms with Gasteiger partial charge in [0.15, 0.2) is 0 Å². The highest BCUT2D eigenvalue weighted by atomic mass is 16.5. The highest BCUT2D eigenvalue weighted by Crippen LogP contribution is 2.13. The number of amides is 1. The Morgan fingerprint density at radius 2 is 2.62 bits per heavy atom. The minimum absolute atomic E-state index is 0.0840. The molecule has 0 aliphatic carbocycles. The van der Waals surface area contributed by atoms with Crippen LogP contribution in [0.2, 0.25) is 0 Å². The Balaban J connectivity index is 1.93. The van der Waals surface area contributed by atoms with Crippen molar-refractivity contribution in [3.63, 3.8) is 0 Å². The van der Waals surface area contributed by atoms with E-state index in [0.717, 1.165) is 6.42 Å². The molecule has 5 heteroatoms. The molecule has 5 nitrogen and oxygen atoms in total. The maximum Gasteiger partial charge on any atom is 0.253 e. The summed E-state index contributed by atoms with van der Waals surface area (Å²) in [7, 11) is 1.80. The molecule has 1 aliphatic rings. The largest absolute Gasteiger partial charge is 0.368 e. The summed E-state index contributed by atoms with van der Waals surface area (Å²) < 4.78 is 6.67. The van der Waals surface area contributed by atoms with E-state index in [2.05, 4.69) is 10.4 Å². The molecule has 1 N–H and O–H groups in total. The second-order valence-corrected chi connectivity index (χ2v) is 3.04. The molecular weight excluding hydrogens is 170 g/mol. The van der Waals surface area contributed by atoms with Crippen LogP contribution in [-0.2, 0) is 16.6 Å². The molecule has 2 rings (SSSR count). The number of hydrogen-bond acceptors (Lipinski definition) is 3. The molecule has 0 spiro atoms. The number of rotatable bonds is 2. The van der Waals surface area contributed by atoms with E-state index in [0.29, 0.717) is 12.3 Å². The highest BCUT2D eigenvalue weighted by Gasteiger charge is 2.26. The van der Waals surface area contributed by atoms with Crippen molar-refractivity contribution in [3.8, 4) is 0 Å². The minimum Gasteiger partial charge on any atom is -0.368 e. The topological polar surface area (TPSA) is 56.2 Å². The minimum atomic E-state index is -0.264. The fourth-order valence-electron chi connectivity index (χ4n) is 1.15. The summed E-state index contributed by atoms with van der Waals surface area (Å²) in [6.07, 6.45) is 3.90. The molecule has 0 radical (unpaired) electrons. The summed E-state index contributed by atoms with van der Waals surface area (Å²) in [5.41, 5.74) is 0.711. The van der Waals surface area contributed by atoms with Crippen molar-refractivity contribution in [3.05, 3.63) is 12.4 Å². The Labute approximate surface area is 75.7 Å². The molecule has 13 heavy (non-hydrogen) atoms. The maximum absolute atomic E-state index is 11.3. The van der Waals surface area contributed by atoms with Crippen LogP contribution in [-0.4, -0.2) is 28.4 Å². The van der Waals surface area contributed by atoms with Crippen molar-refractivity contribution in [2.45, 2.75) is 12.5 Å². The Morgan fingerprint density at radius 1 is 1.85 bits per heavy atom. The fraction of sp³-hybridized carbons (Fsp3) is 0.500. The van der Waals surface area contributed by atoms with Crippen molar-refractivity contribution >= 4 is 11.6 Å². The molecule has 0 unspecified atom stereocenters. The third kappa shape index (κ3) is 1.70. The van der Waals surface area contributed by atoms with Gasteiger partial charge in [0.25, 0.3) is 5.91 Å². The van der Waals surface area contributed by atoms with E-state index in [-0.39, 0.29) is 12.0 Å². The van der Waals surface area contributed by atoms with Crippen LogP contribution in [0.4, 0.5) is 5.69 Å². The molecule has 0 bridgehead atoms. The number of carbonyl (C=O) groups excluding carboxylic acids is 1. The molecule has 1 aliphatic heterocycles. The molecule has 1 aromatic rings. The van der Waals surface area contributed by atoms with Crippen LogP contribution in [0.1, 0.15) is 6.42 Å². The van der Waals surface area contributed by atoms with Gasteiger partial charge in [0.2, 0.25) is 0 Å². The van der Waals surface area contributed by atoms with Crippen LogP contribution in [0.3, 0.4) is 0 Å². The third-order valence-corrected chi connectivity index (χ3v) is 1.96. The predicted octanol–water partition coefficient (Wildman–Crippen LogP) is 0.147. The van der Waals surface area contributed by atoms with Crippen LogP contribution in [0, 0.1) is 0 Å². The van der Waals surface area contributed by atoms with Crippen LogP contribution in [0.25, 0.3) is 0 Å². The molecule has 1 aromatic heterocycles. The molecule has 70 valence electrons. The molecule has 0 aromatic carbocycles. The van der Waals surface area contributed by atoms with Crippen LogP contribution >= 0.6 is 0 Å². The number of aromatic nitrogens is 2. The summed E-state index contributed by atoms with van der Waals surface area (Å²) in [5, 5.41) is 6.65. The van der Waals surface area contributed by atoms with Gasteiger partial charge in [0, 0.05) is 19.7 Å². The molecule has 1 saturated heterocycles. The molecule has 1 fully saturated rings. The summed E-state index contributed by atoms with van der Waals surface area (Å²) >= 11 is 0. The first kappa shape index (κ1) is 8.25. The highest BCUT2D eigenvalue weighted by molar-refractivity contribution is 5.94. The average molecular weight is 181 g/mol. The van der Waals surface area contributed by atoms with Crippen molar-refractivity contribution in [2.24, 2.45) is 7.05 Å². The molecular formula is C8H11N3O2. The van der Waals surface area contributed by atoms with E-state index in [4.69, 9.17) is 4.74 Å². The lowest BCUT2D eigenvalue weighted by Crippen LogP contribution is -2.38. The van der Waals surface area contributed by atoms with Gasteiger partial charge in [-0.1, -0.05) is 0 Å². The van der Waals surface area contributed by atoms with Crippen molar-refractivity contribution < 1.29 is 9.53 Å². The second-order valence-electron chi connectivity index (χ2n) is 3.04. The number of carbonyl (C=O) groups is 1. The standard InChI is InChI=1S/C8H11N3O2/c1-11-5-6(4-9-11)10-8(12)7-2-3-13-7/h4-5,7H,2-3H2,1H3,(H,10,12)/t7-/m0/s1. The zero-order chi connectivity index (χ0) is 9.26. The van der Waals surface area contributed by atoms with E-state index < -0.39 is 0 Å². The van der Waals surface area contributed by atoms with Gasteiger partial charge in [0.1, 0.15) is 6.10 Å². The van der Waals surface area contributed by atoms with Gasteiger partial charge in [0.05, 0.1) is 18.5 Å². The smallest absolute Gasteiger partial charge is 0.253 e. The van der Waals surface area contributed by atoms with Gasteiger partial charge in [-0.2, -0.15) is 5.10 Å². The maximum atomic E-state index is 11.3. The van der Waals surface area contributed by atoms with Gasteiger partial charge in [-0.25, -0.2) is 0 Å². The van der Waals surface area contributed by atoms with Gasteiger partial charge in [-0.15, -0.1) is 0 Å². The quantitative estimate of drug-likeness (QED) is 0.706. The SMILES string of the molecule is Cn1cc(NC(=O)[C@@H]2CCO2)cn1. The molecule has 2 heterocycles. The lowest BCUT2D eigenvalue weighted by atomic mass is 10.2. The van der Waals surface area contributed by atoms with Crippen LogP contribution in [0.5, 0.6) is 0 Å². The monoisotopic (exact) mass is 181 g/mol. The molecule has 1 atom stereocenters. The van der Waals surface area contributed by atoms with E-state index >= 15 is 0 Å². The normalized spacial score (nSPS) is 20.8. The number of anilines is 1. The number of aryl methyl sites for hydroxylation is 1. The van der Waals surface area contributed by atoms with Crippen molar-refractivity contribution in [2.75, 3.05) is 11.9 Å². The van der Waals surface area contributed by atoms with E-state index in [9.17, 15) is 4.79 Å². The van der Waals surface area contributed by atoms with Crippen LogP contribution in [0.15, 0.2) is 12.4 Å². The Bertz CT molecular complexity index is 317. The van der Waals surface area contributed by atoms with Crippen molar-refractivity contribution in [1.29, 1.82) is 0 Å². The van der Waals surface area contributed by atoms with Crippen LogP contribution < -0.4 is 5.32 Å². The summed E-state index contributed by atoms with van der Waals surface area (Å²) in [6.45, 7) is 0.686. The number of ether oxygens (including phenoxy) is 1. The average Bonchev–Trinajstić information content (AvgIpc) is 2.31. The first-order valence-electron chi connectivity index (χ1n) is 4.17. The lowest BCUT2D eigenvalue weighted by molar-refractivity contribution is -0.139. The predicted molar refractivity (Wildman–Crippen MR) is 46.2 cm³/mol. The number of nitrogens with one attached hydrogen (secondary N) is 1. The van der Waals surface area contributed by atoms with Gasteiger partial charge < -0.3 is 10.1 Å². The first-order valence-corrected chi connectivity index (χ1v) is 4.17. The summed E-state index contributed by atoms with van der Waals surface area (Å²) in [6, 6.07) is 0. The number of hydrogen-bond donors (Lipinski definition) is 1. The van der Waals surface area contributed by atoms with Crippen molar-refractivity contribution in [1.82, 2.24) is 9.78 Å². The van der Waals surface area contributed by atoms with E-state index in [1.54, 1.807) is 24.1 Å². The molecule has 1 amide bonds. The van der Waals surface area contributed by atoms with E-state index in [1.165, 1.54) is 0 Å². The van der Waals surface area contributed by atoms with Gasteiger partial charge >= 0.3 is 0 Å². The Kier molecular flexibility index (Phi) is 2.02. The Hall–Kier alpha value is -1.36. The van der Waals surface area contributed by atoms with Gasteiger partial charge in [-0.3, -0.25) is 9.48 Å². The van der Waals surface area contributed by atoms with Gasteiger partial charge in [-0.05, 0) is 0 Å². The lowest BCUT2D eigenvalue weighted by Gasteiger charge is -2.24. The number of nitrogens with zero attached hydrogens (tertiary/aromatic N) is 2. The zero-order valence-corrected chi connectivity index (χ0v) is 7.36. The summed E-state index contributed by atoms with van der Waals surface area (Å²) in [5.74, 6) is -0.0840. The zero-order valence-electron chi connectivity index (χ0n) is 7.36. The first-order chi connectivity index (χ1) is 6.25. The molecule has 0 saturated carbocycles. The Morgan fingerprint density at radius 3 is 3.08 bits per heavy atom. The third-order valence-electron chi connectivity index (χ3n) is 1.96. The second kappa shape index (κ2) is 3.18. The summed E-state index contributed by atoms with van der Waals surface area (Å²) in [4.78, 5) is 11.3.